The van der Waals surface area contributed by atoms with Crippen molar-refractivity contribution in [1.29, 1.82) is 0 Å². The van der Waals surface area contributed by atoms with Gasteiger partial charge in [-0.3, -0.25) is 14.4 Å². The normalized spacial score (nSPS) is 12.7. The van der Waals surface area contributed by atoms with Gasteiger partial charge in [0.25, 0.3) is 0 Å². The van der Waals surface area contributed by atoms with Crippen LogP contribution in [0.2, 0.25) is 0 Å². The van der Waals surface area contributed by atoms with Gasteiger partial charge in [0.1, 0.15) is 13.2 Å². The summed E-state index contributed by atoms with van der Waals surface area (Å²) >= 11 is 0. The van der Waals surface area contributed by atoms with E-state index in [1.54, 1.807) is 0 Å². The third-order valence-corrected chi connectivity index (χ3v) is 11.0. The van der Waals surface area contributed by atoms with Crippen molar-refractivity contribution in [3.63, 3.8) is 0 Å². The molecule has 0 fully saturated rings. The topological polar surface area (TPSA) is 78.9 Å². The lowest BCUT2D eigenvalue weighted by molar-refractivity contribution is -0.166. The van der Waals surface area contributed by atoms with Crippen molar-refractivity contribution < 1.29 is 28.6 Å². The van der Waals surface area contributed by atoms with Gasteiger partial charge in [0.2, 0.25) is 0 Å². The lowest BCUT2D eigenvalue weighted by Crippen LogP contribution is -2.30. The Morgan fingerprint density at radius 3 is 0.896 bits per heavy atom. The lowest BCUT2D eigenvalue weighted by Gasteiger charge is -2.18. The molecular weight excluding hydrogens is 829 g/mol. The van der Waals surface area contributed by atoms with Crippen LogP contribution in [0.1, 0.15) is 226 Å². The summed E-state index contributed by atoms with van der Waals surface area (Å²) in [6.07, 6.45) is 74.9. The molecule has 0 bridgehead atoms. The molecular formula is C61H98O6. The Bertz CT molecular complexity index is 1350. The first-order chi connectivity index (χ1) is 33.0. The Hall–Kier alpha value is -4.19. The van der Waals surface area contributed by atoms with E-state index in [0.717, 1.165) is 70.6 Å². The fourth-order valence-electron chi connectivity index (χ4n) is 6.88. The summed E-state index contributed by atoms with van der Waals surface area (Å²) in [5.41, 5.74) is 0. The monoisotopic (exact) mass is 927 g/mol. The van der Waals surface area contributed by atoms with Gasteiger partial charge in [0.05, 0.1) is 0 Å². The quantitative estimate of drug-likeness (QED) is 0.0262. The van der Waals surface area contributed by atoms with Gasteiger partial charge < -0.3 is 14.2 Å². The van der Waals surface area contributed by atoms with Gasteiger partial charge in [-0.05, 0) is 96.3 Å². The lowest BCUT2D eigenvalue weighted by atomic mass is 10.1. The van der Waals surface area contributed by atoms with Crippen molar-refractivity contribution in [3.8, 4) is 0 Å². The summed E-state index contributed by atoms with van der Waals surface area (Å²) in [5, 5.41) is 0. The average molecular weight is 927 g/mol. The molecule has 0 N–H and O–H groups in total. The van der Waals surface area contributed by atoms with Gasteiger partial charge in [0.15, 0.2) is 6.10 Å². The second-order valence-electron chi connectivity index (χ2n) is 17.4. The van der Waals surface area contributed by atoms with Crippen molar-refractivity contribution in [2.75, 3.05) is 13.2 Å². The van der Waals surface area contributed by atoms with Crippen LogP contribution in [0.4, 0.5) is 0 Å². The summed E-state index contributed by atoms with van der Waals surface area (Å²) in [4.78, 5) is 37.9. The van der Waals surface area contributed by atoms with Crippen LogP contribution in [-0.4, -0.2) is 37.2 Å². The second-order valence-corrected chi connectivity index (χ2v) is 17.4. The Morgan fingerprint density at radius 1 is 0.299 bits per heavy atom. The predicted octanol–water partition coefficient (Wildman–Crippen LogP) is 18.1. The maximum absolute atomic E-state index is 12.8. The fourth-order valence-corrected chi connectivity index (χ4v) is 6.88. The van der Waals surface area contributed by atoms with Gasteiger partial charge in [-0.2, -0.15) is 0 Å². The highest BCUT2D eigenvalue weighted by Gasteiger charge is 2.19. The largest absolute Gasteiger partial charge is 0.462 e. The molecule has 0 aromatic carbocycles. The molecule has 0 aromatic rings. The van der Waals surface area contributed by atoms with E-state index in [0.29, 0.717) is 19.3 Å². The Morgan fingerprint density at radius 2 is 0.567 bits per heavy atom. The fraction of sp³-hybridized carbons (Fsp3) is 0.623. The molecule has 0 aliphatic carbocycles. The van der Waals surface area contributed by atoms with Crippen LogP contribution in [0, 0.1) is 0 Å². The number of ether oxygens (including phenoxy) is 3. The second kappa shape index (κ2) is 54.4. The van der Waals surface area contributed by atoms with E-state index in [9.17, 15) is 14.4 Å². The third-order valence-electron chi connectivity index (χ3n) is 11.0. The summed E-state index contributed by atoms with van der Waals surface area (Å²) in [6, 6.07) is 0. The average Bonchev–Trinajstić information content (AvgIpc) is 3.33. The molecule has 0 aromatic heterocycles. The highest BCUT2D eigenvalue weighted by molar-refractivity contribution is 5.71. The van der Waals surface area contributed by atoms with E-state index in [2.05, 4.69) is 118 Å². The van der Waals surface area contributed by atoms with E-state index in [1.165, 1.54) is 103 Å². The minimum atomic E-state index is -0.839. The molecule has 0 aliphatic rings. The number of carbonyl (C=O) groups excluding carboxylic acids is 3. The van der Waals surface area contributed by atoms with Gasteiger partial charge in [-0.15, -0.1) is 0 Å². The number of esters is 3. The Balaban J connectivity index is 4.58. The minimum absolute atomic E-state index is 0.142. The van der Waals surface area contributed by atoms with Crippen LogP contribution in [0.25, 0.3) is 0 Å². The molecule has 0 aliphatic heterocycles. The maximum atomic E-state index is 12.8. The predicted molar refractivity (Wildman–Crippen MR) is 288 cm³/mol. The van der Waals surface area contributed by atoms with Gasteiger partial charge in [0, 0.05) is 19.3 Å². The van der Waals surface area contributed by atoms with E-state index >= 15 is 0 Å². The van der Waals surface area contributed by atoms with Gasteiger partial charge in [-0.1, -0.05) is 232 Å². The zero-order chi connectivity index (χ0) is 48.6. The smallest absolute Gasteiger partial charge is 0.306 e. The minimum Gasteiger partial charge on any atom is -0.462 e. The summed E-state index contributed by atoms with van der Waals surface area (Å²) < 4.78 is 16.7. The van der Waals surface area contributed by atoms with Gasteiger partial charge in [-0.25, -0.2) is 0 Å². The van der Waals surface area contributed by atoms with E-state index in [1.807, 2.05) is 24.3 Å². The van der Waals surface area contributed by atoms with E-state index < -0.39 is 6.10 Å². The molecule has 0 amide bonds. The Kier molecular flexibility index (Phi) is 51.0. The molecule has 378 valence electrons. The van der Waals surface area contributed by atoms with Crippen molar-refractivity contribution in [2.24, 2.45) is 0 Å². The molecule has 0 spiro atoms. The molecule has 6 nitrogen and oxygen atoms in total. The van der Waals surface area contributed by atoms with Crippen LogP contribution in [0.3, 0.4) is 0 Å². The van der Waals surface area contributed by atoms with Crippen molar-refractivity contribution in [2.45, 2.75) is 232 Å². The summed E-state index contributed by atoms with van der Waals surface area (Å²) in [5.74, 6) is -1.11. The first kappa shape index (κ1) is 62.8. The molecule has 0 atom stereocenters. The van der Waals surface area contributed by atoms with Crippen molar-refractivity contribution >= 4 is 17.9 Å². The zero-order valence-electron chi connectivity index (χ0n) is 43.1. The van der Waals surface area contributed by atoms with Crippen molar-refractivity contribution in [3.05, 3.63) is 122 Å². The van der Waals surface area contributed by atoms with Crippen LogP contribution < -0.4 is 0 Å². The summed E-state index contributed by atoms with van der Waals surface area (Å²) in [6.45, 7) is 6.43. The zero-order valence-corrected chi connectivity index (χ0v) is 43.1. The molecule has 0 saturated heterocycles. The van der Waals surface area contributed by atoms with Crippen LogP contribution in [-0.2, 0) is 28.6 Å². The highest BCUT2D eigenvalue weighted by atomic mass is 16.6. The molecule has 0 unspecified atom stereocenters. The molecule has 0 radical (unpaired) electrons. The van der Waals surface area contributed by atoms with Crippen LogP contribution >= 0.6 is 0 Å². The number of carbonyl (C=O) groups is 3. The molecule has 0 saturated carbocycles. The van der Waals surface area contributed by atoms with Crippen LogP contribution in [0.15, 0.2) is 122 Å². The summed E-state index contributed by atoms with van der Waals surface area (Å²) in [7, 11) is 0. The number of unbranched alkanes of at least 4 members (excludes halogenated alkanes) is 16. The highest BCUT2D eigenvalue weighted by Crippen LogP contribution is 2.13. The first-order valence-corrected chi connectivity index (χ1v) is 27.0. The molecule has 6 heteroatoms. The standard InChI is InChI=1S/C61H98O6/c1-4-7-10-13-16-19-22-24-26-28-30-32-34-36-39-41-44-47-50-53-59(62)65-56-58(67-61(64)55-52-49-46-43-38-21-18-15-12-9-6-3)57-66-60(63)54-51-48-45-42-40-37-35-33-31-29-27-25-23-20-17-14-11-8-5-2/h16-17,19-20,24-27,30-33,36-37,39-40,44-45,47-48,58H,4-15,18,21-23,28-29,34-35,38,41-43,46,49-57H2,1-3H3/b19-16-,20-17-,26-24-,27-25-,32-30-,33-31-,39-36-,40-37-,47-44-,48-45-. The van der Waals surface area contributed by atoms with Gasteiger partial charge >= 0.3 is 17.9 Å². The molecule has 0 heterocycles. The van der Waals surface area contributed by atoms with Crippen LogP contribution in [0.5, 0.6) is 0 Å². The molecule has 0 rings (SSSR count). The third kappa shape index (κ3) is 52.6. The Labute approximate surface area is 412 Å². The van der Waals surface area contributed by atoms with E-state index in [-0.39, 0.29) is 44.0 Å². The maximum Gasteiger partial charge on any atom is 0.306 e. The number of hydrogen-bond donors (Lipinski definition) is 0. The number of allylic oxidation sites excluding steroid dienone is 20. The SMILES string of the molecule is CCCCC/C=C\C/C=C\C/C=C\C/C=C\C/C=C\CCC(=O)OCC(COC(=O)CC/C=C\C/C=C\C/C=C\C/C=C\C/C=C\CCCCC)OC(=O)CCCCCCCCCCCCC. The van der Waals surface area contributed by atoms with E-state index in [4.69, 9.17) is 14.2 Å². The first-order valence-electron chi connectivity index (χ1n) is 27.0. The molecule has 67 heavy (non-hydrogen) atoms. The number of hydrogen-bond acceptors (Lipinski definition) is 6. The van der Waals surface area contributed by atoms with Crippen molar-refractivity contribution in [1.82, 2.24) is 0 Å². The number of rotatable bonds is 47.